The van der Waals surface area contributed by atoms with Crippen LogP contribution in [0.25, 0.3) is 21.9 Å². The van der Waals surface area contributed by atoms with E-state index < -0.39 is 23.3 Å². The summed E-state index contributed by atoms with van der Waals surface area (Å²) in [7, 11) is 1.63. The first-order valence-corrected chi connectivity index (χ1v) is 9.93. The van der Waals surface area contributed by atoms with Gasteiger partial charge in [-0.1, -0.05) is 42.2 Å². The quantitative estimate of drug-likeness (QED) is 0.258. The van der Waals surface area contributed by atoms with Gasteiger partial charge in [-0.2, -0.15) is 0 Å². The molecule has 0 spiro atoms. The van der Waals surface area contributed by atoms with Crippen LogP contribution in [0.3, 0.4) is 0 Å². The van der Waals surface area contributed by atoms with Crippen molar-refractivity contribution in [3.05, 3.63) is 107 Å². The van der Waals surface area contributed by atoms with Crippen molar-refractivity contribution in [2.75, 3.05) is 13.7 Å². The molecule has 4 rings (SSSR count). The van der Waals surface area contributed by atoms with Crippen LogP contribution in [0.4, 0.5) is 17.6 Å². The maximum Gasteiger partial charge on any atom is 0.159 e. The van der Waals surface area contributed by atoms with E-state index in [4.69, 9.17) is 4.74 Å². The van der Waals surface area contributed by atoms with E-state index in [1.165, 1.54) is 12.1 Å². The zero-order valence-electron chi connectivity index (χ0n) is 17.2. The molecule has 160 valence electrons. The monoisotopic (exact) mass is 434 g/mol. The first-order chi connectivity index (χ1) is 15.4. The van der Waals surface area contributed by atoms with E-state index in [-0.39, 0.29) is 5.56 Å². The molecule has 0 aromatic heterocycles. The highest BCUT2D eigenvalue weighted by atomic mass is 19.2. The molecule has 5 heteroatoms. The molecule has 0 aliphatic heterocycles. The topological polar surface area (TPSA) is 9.23 Å². The number of methoxy groups -OCH3 is 1. The highest BCUT2D eigenvalue weighted by Crippen LogP contribution is 2.25. The second kappa shape index (κ2) is 9.25. The van der Waals surface area contributed by atoms with Crippen LogP contribution in [0, 0.1) is 35.1 Å². The lowest BCUT2D eigenvalue weighted by molar-refractivity contribution is 0.202. The Balaban J connectivity index is 1.61. The predicted octanol–water partition coefficient (Wildman–Crippen LogP) is 6.65. The molecule has 32 heavy (non-hydrogen) atoms. The van der Waals surface area contributed by atoms with E-state index in [2.05, 4.69) is 11.8 Å². The summed E-state index contributed by atoms with van der Waals surface area (Å²) in [5.41, 5.74) is 2.24. The molecule has 0 unspecified atom stereocenters. The Bertz CT molecular complexity index is 1330. The van der Waals surface area contributed by atoms with Gasteiger partial charge in [-0.05, 0) is 70.3 Å². The average molecular weight is 434 g/mol. The lowest BCUT2D eigenvalue weighted by Crippen LogP contribution is -1.95. The van der Waals surface area contributed by atoms with Gasteiger partial charge in [0.1, 0.15) is 11.6 Å². The molecule has 0 amide bonds. The third-order valence-corrected chi connectivity index (χ3v) is 5.14. The molecular weight excluding hydrogens is 416 g/mol. The van der Waals surface area contributed by atoms with E-state index in [1.54, 1.807) is 25.3 Å². The fourth-order valence-corrected chi connectivity index (χ4v) is 3.40. The van der Waals surface area contributed by atoms with Crippen molar-refractivity contribution < 1.29 is 22.3 Å². The van der Waals surface area contributed by atoms with Crippen LogP contribution in [0.15, 0.2) is 66.7 Å². The van der Waals surface area contributed by atoms with Crippen molar-refractivity contribution in [1.82, 2.24) is 0 Å². The second-order valence-corrected chi connectivity index (χ2v) is 7.33. The Kier molecular flexibility index (Phi) is 6.25. The molecular formula is C27H18F4O. The zero-order valence-corrected chi connectivity index (χ0v) is 17.2. The first kappa shape index (κ1) is 21.6. The summed E-state index contributed by atoms with van der Waals surface area (Å²) in [6, 6.07) is 16.7. The zero-order chi connectivity index (χ0) is 22.7. The molecule has 0 aliphatic rings. The van der Waals surface area contributed by atoms with Crippen molar-refractivity contribution in [3.8, 4) is 23.0 Å². The smallest absolute Gasteiger partial charge is 0.159 e. The number of halogens is 4. The summed E-state index contributed by atoms with van der Waals surface area (Å²) in [6.45, 7) is 0.596. The van der Waals surface area contributed by atoms with E-state index in [0.717, 1.165) is 24.1 Å². The molecule has 0 heterocycles. The fourth-order valence-electron chi connectivity index (χ4n) is 3.40. The summed E-state index contributed by atoms with van der Waals surface area (Å²) in [5, 5.41) is 0.949. The average Bonchev–Trinajstić information content (AvgIpc) is 2.78. The molecule has 1 nitrogen and oxygen atoms in total. The number of hydrogen-bond acceptors (Lipinski definition) is 1. The van der Waals surface area contributed by atoms with E-state index in [0.29, 0.717) is 34.1 Å². The molecule has 0 saturated carbocycles. The maximum absolute atomic E-state index is 14.6. The highest BCUT2D eigenvalue weighted by molar-refractivity contribution is 5.84. The van der Waals surface area contributed by atoms with Crippen molar-refractivity contribution in [3.63, 3.8) is 0 Å². The summed E-state index contributed by atoms with van der Waals surface area (Å²) in [4.78, 5) is 0. The summed E-state index contributed by atoms with van der Waals surface area (Å²) >= 11 is 0. The van der Waals surface area contributed by atoms with Crippen LogP contribution in [0.5, 0.6) is 0 Å². The number of fused-ring (bicyclic) bond motifs is 1. The van der Waals surface area contributed by atoms with Gasteiger partial charge in [-0.15, -0.1) is 0 Å². The number of hydrogen-bond donors (Lipinski definition) is 0. The van der Waals surface area contributed by atoms with E-state index >= 15 is 0 Å². The van der Waals surface area contributed by atoms with Crippen LogP contribution in [0.1, 0.15) is 16.7 Å². The van der Waals surface area contributed by atoms with Crippen molar-refractivity contribution in [2.45, 2.75) is 6.42 Å². The number of ether oxygens (including phenoxy) is 1. The molecule has 0 fully saturated rings. The number of rotatable bonds is 4. The number of benzene rings is 4. The molecule has 0 aliphatic carbocycles. The Morgan fingerprint density at radius 3 is 1.97 bits per heavy atom. The van der Waals surface area contributed by atoms with Gasteiger partial charge in [-0.25, -0.2) is 17.6 Å². The highest BCUT2D eigenvalue weighted by Gasteiger charge is 2.11. The molecule has 0 bridgehead atoms. The van der Waals surface area contributed by atoms with Crippen molar-refractivity contribution >= 4 is 10.8 Å². The van der Waals surface area contributed by atoms with Crippen LogP contribution in [-0.4, -0.2) is 13.7 Å². The Labute approximate surface area is 183 Å². The molecule has 0 N–H and O–H groups in total. The van der Waals surface area contributed by atoms with Crippen LogP contribution in [0.2, 0.25) is 0 Å². The minimum absolute atomic E-state index is 0.351. The Morgan fingerprint density at radius 1 is 0.656 bits per heavy atom. The largest absolute Gasteiger partial charge is 0.384 e. The van der Waals surface area contributed by atoms with Gasteiger partial charge in [0.25, 0.3) is 0 Å². The lowest BCUT2D eigenvalue weighted by Gasteiger charge is -2.07. The predicted molar refractivity (Wildman–Crippen MR) is 117 cm³/mol. The van der Waals surface area contributed by atoms with Gasteiger partial charge < -0.3 is 4.74 Å². The van der Waals surface area contributed by atoms with E-state index in [1.807, 2.05) is 24.3 Å². The third-order valence-electron chi connectivity index (χ3n) is 5.14. The van der Waals surface area contributed by atoms with Gasteiger partial charge in [0, 0.05) is 12.7 Å². The van der Waals surface area contributed by atoms with Crippen molar-refractivity contribution in [1.29, 1.82) is 0 Å². The summed E-state index contributed by atoms with van der Waals surface area (Å²) in [6.07, 6.45) is 0.754. The molecule has 4 aromatic carbocycles. The van der Waals surface area contributed by atoms with Crippen LogP contribution >= 0.6 is 0 Å². The van der Waals surface area contributed by atoms with Crippen LogP contribution < -0.4 is 0 Å². The fraction of sp³-hybridized carbons (Fsp3) is 0.111. The summed E-state index contributed by atoms with van der Waals surface area (Å²) in [5.74, 6) is 1.76. The first-order valence-electron chi connectivity index (χ1n) is 9.93. The van der Waals surface area contributed by atoms with Gasteiger partial charge in [-0.3, -0.25) is 0 Å². The lowest BCUT2D eigenvalue weighted by atomic mass is 10.0. The maximum atomic E-state index is 14.6. The molecule has 0 radical (unpaired) electrons. The van der Waals surface area contributed by atoms with Crippen LogP contribution in [-0.2, 0) is 11.2 Å². The minimum atomic E-state index is -0.970. The van der Waals surface area contributed by atoms with Gasteiger partial charge >= 0.3 is 0 Å². The third kappa shape index (κ3) is 4.66. The van der Waals surface area contributed by atoms with Gasteiger partial charge in [0.2, 0.25) is 0 Å². The molecule has 0 saturated heterocycles. The minimum Gasteiger partial charge on any atom is -0.384 e. The Morgan fingerprint density at radius 2 is 1.31 bits per heavy atom. The van der Waals surface area contributed by atoms with Gasteiger partial charge in [0.15, 0.2) is 11.6 Å². The van der Waals surface area contributed by atoms with Gasteiger partial charge in [0.05, 0.1) is 12.2 Å². The standard InChI is InChI=1S/C27H18F4O/c1-32-11-10-17-2-6-19(7-3-17)22-14-24(28)23(25(29)15-22)9-5-18-4-8-20-13-26(30)27(31)16-21(20)12-18/h2-4,6-8,12-16H,10-11H2,1H3. The summed E-state index contributed by atoms with van der Waals surface area (Å²) < 4.78 is 61.2. The second-order valence-electron chi connectivity index (χ2n) is 7.33. The van der Waals surface area contributed by atoms with Crippen molar-refractivity contribution in [2.24, 2.45) is 0 Å². The van der Waals surface area contributed by atoms with E-state index in [9.17, 15) is 17.6 Å². The molecule has 4 aromatic rings. The Hall–Kier alpha value is -3.62. The normalized spacial score (nSPS) is 10.8. The SMILES string of the molecule is COCCc1ccc(-c2cc(F)c(C#Cc3ccc4cc(F)c(F)cc4c3)c(F)c2)cc1. The molecule has 0 atom stereocenters.